The second-order valence-corrected chi connectivity index (χ2v) is 6.62. The van der Waals surface area contributed by atoms with Gasteiger partial charge in [0, 0.05) is 46.2 Å². The van der Waals surface area contributed by atoms with E-state index in [1.54, 1.807) is 7.11 Å². The molecule has 2 aromatic heterocycles. The van der Waals surface area contributed by atoms with Gasteiger partial charge >= 0.3 is 0 Å². The van der Waals surface area contributed by atoms with Gasteiger partial charge in [-0.3, -0.25) is 4.40 Å². The van der Waals surface area contributed by atoms with Gasteiger partial charge in [0.25, 0.3) is 0 Å². The zero-order valence-electron chi connectivity index (χ0n) is 16.3. The number of hydrogen-bond acceptors (Lipinski definition) is 5. The molecule has 0 unspecified atom stereocenters. The highest BCUT2D eigenvalue weighted by Crippen LogP contribution is 2.14. The normalized spacial score (nSPS) is 16.2. The highest BCUT2D eigenvalue weighted by atomic mass is 16.5. The fraction of sp³-hybridized carbons (Fsp3) is 0.632. The lowest BCUT2D eigenvalue weighted by Crippen LogP contribution is -2.47. The molecular formula is C19H30N6O2. The van der Waals surface area contributed by atoms with Gasteiger partial charge in [0.2, 0.25) is 0 Å². The van der Waals surface area contributed by atoms with E-state index in [4.69, 9.17) is 14.5 Å². The van der Waals surface area contributed by atoms with Gasteiger partial charge in [0.05, 0.1) is 6.10 Å². The Morgan fingerprint density at radius 3 is 2.89 bits per heavy atom. The standard InChI is InChI=1S/C19H30N6O2/c1-3-20-19(21-15-18-23-22-17-7-4-5-10-25(17)18)24-11-8-16(9-12-24)27-14-6-13-26-2/h4-5,7,10,16H,3,6,8-9,11-15H2,1-2H3,(H,20,21). The van der Waals surface area contributed by atoms with Crippen LogP contribution in [0.25, 0.3) is 5.65 Å². The molecule has 0 aromatic carbocycles. The van der Waals surface area contributed by atoms with Crippen molar-refractivity contribution in [3.05, 3.63) is 30.2 Å². The van der Waals surface area contributed by atoms with Crippen LogP contribution in [0.1, 0.15) is 32.0 Å². The average molecular weight is 374 g/mol. The third-order valence-electron chi connectivity index (χ3n) is 4.68. The average Bonchev–Trinajstić information content (AvgIpc) is 3.12. The second-order valence-electron chi connectivity index (χ2n) is 6.62. The van der Waals surface area contributed by atoms with Crippen LogP contribution in [0.15, 0.2) is 29.4 Å². The lowest BCUT2D eigenvalue weighted by Gasteiger charge is -2.34. The highest BCUT2D eigenvalue weighted by Gasteiger charge is 2.22. The summed E-state index contributed by atoms with van der Waals surface area (Å²) in [5.74, 6) is 1.78. The monoisotopic (exact) mass is 374 g/mol. The minimum atomic E-state index is 0.335. The number of piperidine rings is 1. The molecule has 1 N–H and O–H groups in total. The van der Waals surface area contributed by atoms with Crippen molar-refractivity contribution in [2.75, 3.05) is 40.0 Å². The van der Waals surface area contributed by atoms with E-state index >= 15 is 0 Å². The number of hydrogen-bond donors (Lipinski definition) is 1. The Hall–Kier alpha value is -2.19. The molecule has 8 heteroatoms. The van der Waals surface area contributed by atoms with E-state index in [0.717, 1.165) is 69.5 Å². The summed E-state index contributed by atoms with van der Waals surface area (Å²) in [6, 6.07) is 5.89. The smallest absolute Gasteiger partial charge is 0.194 e. The van der Waals surface area contributed by atoms with Crippen LogP contribution in [0.5, 0.6) is 0 Å². The summed E-state index contributed by atoms with van der Waals surface area (Å²) in [5, 5.41) is 11.9. The summed E-state index contributed by atoms with van der Waals surface area (Å²) in [6.45, 7) is 6.85. The van der Waals surface area contributed by atoms with Crippen LogP contribution >= 0.6 is 0 Å². The zero-order chi connectivity index (χ0) is 18.9. The first kappa shape index (κ1) is 19.6. The molecule has 2 aromatic rings. The van der Waals surface area contributed by atoms with Crippen LogP contribution in [0.4, 0.5) is 0 Å². The van der Waals surface area contributed by atoms with Crippen LogP contribution in [-0.2, 0) is 16.0 Å². The first-order valence-electron chi connectivity index (χ1n) is 9.74. The van der Waals surface area contributed by atoms with E-state index in [9.17, 15) is 0 Å². The number of rotatable bonds is 8. The van der Waals surface area contributed by atoms with Gasteiger partial charge in [-0.25, -0.2) is 4.99 Å². The van der Waals surface area contributed by atoms with Gasteiger partial charge < -0.3 is 19.7 Å². The number of aromatic nitrogens is 3. The highest BCUT2D eigenvalue weighted by molar-refractivity contribution is 5.80. The first-order chi connectivity index (χ1) is 13.3. The van der Waals surface area contributed by atoms with Gasteiger partial charge in [-0.15, -0.1) is 10.2 Å². The van der Waals surface area contributed by atoms with Crippen LogP contribution in [0, 0.1) is 0 Å². The van der Waals surface area contributed by atoms with Gasteiger partial charge in [0.15, 0.2) is 17.4 Å². The van der Waals surface area contributed by atoms with E-state index in [2.05, 4.69) is 27.3 Å². The number of nitrogens with zero attached hydrogens (tertiary/aromatic N) is 5. The Kier molecular flexibility index (Phi) is 7.41. The molecule has 0 radical (unpaired) electrons. The molecule has 3 heterocycles. The molecule has 0 bridgehead atoms. The van der Waals surface area contributed by atoms with Crippen LogP contribution in [0.2, 0.25) is 0 Å². The van der Waals surface area contributed by atoms with E-state index in [1.165, 1.54) is 0 Å². The Morgan fingerprint density at radius 1 is 1.26 bits per heavy atom. The van der Waals surface area contributed by atoms with Crippen LogP contribution < -0.4 is 5.32 Å². The minimum Gasteiger partial charge on any atom is -0.385 e. The summed E-state index contributed by atoms with van der Waals surface area (Å²) >= 11 is 0. The third kappa shape index (κ3) is 5.40. The first-order valence-corrected chi connectivity index (χ1v) is 9.74. The van der Waals surface area contributed by atoms with Crippen molar-refractivity contribution in [2.24, 2.45) is 4.99 Å². The maximum Gasteiger partial charge on any atom is 0.194 e. The summed E-state index contributed by atoms with van der Waals surface area (Å²) in [7, 11) is 1.72. The predicted octanol–water partition coefficient (Wildman–Crippen LogP) is 1.71. The molecule has 8 nitrogen and oxygen atoms in total. The molecule has 0 spiro atoms. The Morgan fingerprint density at radius 2 is 2.11 bits per heavy atom. The fourth-order valence-electron chi connectivity index (χ4n) is 3.26. The number of aliphatic imine (C=N–C) groups is 1. The maximum atomic E-state index is 5.95. The van der Waals surface area contributed by atoms with Gasteiger partial charge in [-0.2, -0.15) is 0 Å². The van der Waals surface area contributed by atoms with E-state index in [1.807, 2.05) is 28.8 Å². The van der Waals surface area contributed by atoms with Crippen molar-refractivity contribution in [2.45, 2.75) is 38.8 Å². The van der Waals surface area contributed by atoms with Crippen molar-refractivity contribution < 1.29 is 9.47 Å². The maximum absolute atomic E-state index is 5.95. The molecule has 0 saturated carbocycles. The number of guanidine groups is 1. The molecule has 0 aliphatic carbocycles. The van der Waals surface area contributed by atoms with Gasteiger partial charge in [0.1, 0.15) is 6.54 Å². The quantitative estimate of drug-likeness (QED) is 0.431. The number of ether oxygens (including phenoxy) is 2. The SMILES string of the molecule is CCNC(=NCc1nnc2ccccn12)N1CCC(OCCCOC)CC1. The number of pyridine rings is 1. The third-order valence-corrected chi connectivity index (χ3v) is 4.68. The fourth-order valence-corrected chi connectivity index (χ4v) is 3.26. The van der Waals surface area contributed by atoms with Crippen molar-refractivity contribution in [1.29, 1.82) is 0 Å². The molecule has 0 atom stereocenters. The summed E-state index contributed by atoms with van der Waals surface area (Å²) in [4.78, 5) is 7.10. The molecule has 1 aliphatic heterocycles. The molecule has 1 fully saturated rings. The number of likely N-dealkylation sites (tertiary alicyclic amines) is 1. The second kappa shape index (κ2) is 10.2. The Bertz CT molecular complexity index is 724. The molecule has 148 valence electrons. The molecule has 1 aliphatic rings. The van der Waals surface area contributed by atoms with Crippen molar-refractivity contribution >= 4 is 11.6 Å². The predicted molar refractivity (Wildman–Crippen MR) is 105 cm³/mol. The Balaban J connectivity index is 1.55. The zero-order valence-corrected chi connectivity index (χ0v) is 16.3. The number of methoxy groups -OCH3 is 1. The minimum absolute atomic E-state index is 0.335. The van der Waals surface area contributed by atoms with Crippen LogP contribution in [-0.4, -0.2) is 71.5 Å². The van der Waals surface area contributed by atoms with E-state index in [-0.39, 0.29) is 0 Å². The van der Waals surface area contributed by atoms with E-state index in [0.29, 0.717) is 12.6 Å². The van der Waals surface area contributed by atoms with Crippen molar-refractivity contribution in [3.8, 4) is 0 Å². The molecule has 0 amide bonds. The number of fused-ring (bicyclic) bond motifs is 1. The lowest BCUT2D eigenvalue weighted by molar-refractivity contribution is 0.00990. The molecule has 27 heavy (non-hydrogen) atoms. The Labute approximate surface area is 160 Å². The summed E-state index contributed by atoms with van der Waals surface area (Å²) < 4.78 is 13.0. The van der Waals surface area contributed by atoms with Crippen LogP contribution in [0.3, 0.4) is 0 Å². The van der Waals surface area contributed by atoms with Crippen molar-refractivity contribution in [3.63, 3.8) is 0 Å². The van der Waals surface area contributed by atoms with Gasteiger partial charge in [-0.05, 0) is 38.3 Å². The topological polar surface area (TPSA) is 76.3 Å². The van der Waals surface area contributed by atoms with Crippen molar-refractivity contribution in [1.82, 2.24) is 24.8 Å². The molecular weight excluding hydrogens is 344 g/mol. The van der Waals surface area contributed by atoms with Gasteiger partial charge in [-0.1, -0.05) is 6.07 Å². The summed E-state index contributed by atoms with van der Waals surface area (Å²) in [6.07, 6.45) is 5.30. The number of nitrogens with one attached hydrogen (secondary N) is 1. The lowest BCUT2D eigenvalue weighted by atomic mass is 10.1. The molecule has 3 rings (SSSR count). The largest absolute Gasteiger partial charge is 0.385 e. The van der Waals surface area contributed by atoms with E-state index < -0.39 is 0 Å². The molecule has 1 saturated heterocycles. The summed E-state index contributed by atoms with van der Waals surface area (Å²) in [5.41, 5.74) is 0.846.